The molecule has 2 aromatic heterocycles. The number of aromatic hydroxyl groups is 1. The number of aryl methyl sites for hydroxylation is 2. The Balaban J connectivity index is 1.99. The predicted octanol–water partition coefficient (Wildman–Crippen LogP) is 2.78. The van der Waals surface area contributed by atoms with Crippen molar-refractivity contribution >= 4 is 33.4 Å². The van der Waals surface area contributed by atoms with E-state index in [2.05, 4.69) is 4.98 Å². The molecule has 4 nitrogen and oxygen atoms in total. The van der Waals surface area contributed by atoms with Crippen LogP contribution in [0.3, 0.4) is 0 Å². The fraction of sp³-hybridized carbons (Fsp3) is 0.111. The standard InChI is InChI=1S/C18H14N2O2S/c1-10-7-12(8-11(2)16(10)21)9-15-17(22)20-14-6-4-3-5-13(14)19-18(20)23-15/h3-9,21H,1-2H3/b15-9-. The molecule has 0 bridgehead atoms. The lowest BCUT2D eigenvalue weighted by molar-refractivity contribution is 0.467. The first-order valence-electron chi connectivity index (χ1n) is 7.26. The first-order chi connectivity index (χ1) is 11.0. The van der Waals surface area contributed by atoms with Crippen LogP contribution < -0.4 is 10.1 Å². The number of imidazole rings is 1. The van der Waals surface area contributed by atoms with E-state index in [0.29, 0.717) is 15.2 Å². The molecule has 2 heterocycles. The Hall–Kier alpha value is -2.66. The van der Waals surface area contributed by atoms with E-state index in [0.717, 1.165) is 27.7 Å². The first kappa shape index (κ1) is 14.0. The largest absolute Gasteiger partial charge is 0.507 e. The van der Waals surface area contributed by atoms with E-state index in [4.69, 9.17) is 0 Å². The maximum atomic E-state index is 12.7. The molecule has 0 amide bonds. The van der Waals surface area contributed by atoms with Gasteiger partial charge in [0.2, 0.25) is 0 Å². The zero-order valence-electron chi connectivity index (χ0n) is 12.7. The van der Waals surface area contributed by atoms with Crippen molar-refractivity contribution in [1.29, 1.82) is 0 Å². The van der Waals surface area contributed by atoms with E-state index in [9.17, 15) is 9.90 Å². The molecule has 0 saturated heterocycles. The lowest BCUT2D eigenvalue weighted by Gasteiger charge is -2.04. The molecule has 2 aromatic carbocycles. The Morgan fingerprint density at radius 3 is 2.61 bits per heavy atom. The molecule has 0 unspecified atom stereocenters. The summed E-state index contributed by atoms with van der Waals surface area (Å²) in [5, 5.41) is 9.86. The minimum atomic E-state index is -0.0536. The highest BCUT2D eigenvalue weighted by atomic mass is 32.1. The van der Waals surface area contributed by atoms with E-state index >= 15 is 0 Å². The summed E-state index contributed by atoms with van der Waals surface area (Å²) in [7, 11) is 0. The molecule has 4 aromatic rings. The molecule has 0 aliphatic carbocycles. The molecule has 0 aliphatic heterocycles. The van der Waals surface area contributed by atoms with Gasteiger partial charge in [-0.05, 0) is 60.9 Å². The Morgan fingerprint density at radius 1 is 1.17 bits per heavy atom. The van der Waals surface area contributed by atoms with Gasteiger partial charge in [0.05, 0.1) is 15.6 Å². The highest BCUT2D eigenvalue weighted by molar-refractivity contribution is 7.15. The van der Waals surface area contributed by atoms with Crippen molar-refractivity contribution in [1.82, 2.24) is 9.38 Å². The van der Waals surface area contributed by atoms with Crippen LogP contribution in [-0.2, 0) is 0 Å². The average Bonchev–Trinajstić information content (AvgIpc) is 3.02. The number of hydrogen-bond acceptors (Lipinski definition) is 4. The molecule has 114 valence electrons. The number of nitrogens with zero attached hydrogens (tertiary/aromatic N) is 2. The van der Waals surface area contributed by atoms with Crippen LogP contribution in [0.4, 0.5) is 0 Å². The predicted molar refractivity (Wildman–Crippen MR) is 93.2 cm³/mol. The monoisotopic (exact) mass is 322 g/mol. The normalized spacial score (nSPS) is 12.5. The van der Waals surface area contributed by atoms with Gasteiger partial charge >= 0.3 is 0 Å². The molecule has 4 rings (SSSR count). The number of phenols is 1. The van der Waals surface area contributed by atoms with Crippen molar-refractivity contribution < 1.29 is 5.11 Å². The third-order valence-electron chi connectivity index (χ3n) is 3.96. The summed E-state index contributed by atoms with van der Waals surface area (Å²) in [5.41, 5.74) is 4.12. The number of fused-ring (bicyclic) bond motifs is 3. The number of rotatable bonds is 1. The Kier molecular flexibility index (Phi) is 2.99. The number of benzene rings is 2. The summed E-state index contributed by atoms with van der Waals surface area (Å²) in [6, 6.07) is 11.4. The van der Waals surface area contributed by atoms with E-state index < -0.39 is 0 Å². The van der Waals surface area contributed by atoms with Crippen molar-refractivity contribution in [2.45, 2.75) is 13.8 Å². The lowest BCUT2D eigenvalue weighted by Crippen LogP contribution is -2.22. The molecule has 0 saturated carbocycles. The van der Waals surface area contributed by atoms with Crippen molar-refractivity contribution in [2.75, 3.05) is 0 Å². The zero-order valence-corrected chi connectivity index (χ0v) is 13.5. The second-order valence-corrected chi connectivity index (χ2v) is 6.65. The van der Waals surface area contributed by atoms with Gasteiger partial charge in [0.15, 0.2) is 4.96 Å². The fourth-order valence-electron chi connectivity index (χ4n) is 2.84. The van der Waals surface area contributed by atoms with E-state index in [-0.39, 0.29) is 5.56 Å². The number of phenolic OH excluding ortho intramolecular Hbond substituents is 1. The summed E-state index contributed by atoms with van der Waals surface area (Å²) < 4.78 is 2.30. The van der Waals surface area contributed by atoms with Crippen LogP contribution in [0.15, 0.2) is 41.2 Å². The fourth-order valence-corrected chi connectivity index (χ4v) is 3.82. The third kappa shape index (κ3) is 2.12. The van der Waals surface area contributed by atoms with Crippen LogP contribution in [0, 0.1) is 13.8 Å². The summed E-state index contributed by atoms with van der Waals surface area (Å²) in [6.07, 6.45) is 1.86. The summed E-state index contributed by atoms with van der Waals surface area (Å²) in [6.45, 7) is 3.71. The minimum Gasteiger partial charge on any atom is -0.507 e. The topological polar surface area (TPSA) is 54.6 Å². The van der Waals surface area contributed by atoms with Gasteiger partial charge in [-0.1, -0.05) is 23.5 Å². The van der Waals surface area contributed by atoms with E-state index in [1.807, 2.05) is 56.3 Å². The Bertz CT molecular complexity index is 1150. The Labute approximate surface area is 136 Å². The van der Waals surface area contributed by atoms with Gasteiger partial charge in [-0.2, -0.15) is 0 Å². The van der Waals surface area contributed by atoms with Crippen molar-refractivity contribution in [3.63, 3.8) is 0 Å². The highest BCUT2D eigenvalue weighted by Gasteiger charge is 2.10. The van der Waals surface area contributed by atoms with Crippen molar-refractivity contribution in [2.24, 2.45) is 0 Å². The third-order valence-corrected chi connectivity index (χ3v) is 4.93. The van der Waals surface area contributed by atoms with Crippen LogP contribution >= 0.6 is 11.3 Å². The molecular formula is C18H14N2O2S. The SMILES string of the molecule is Cc1cc(/C=c2\sc3nc4ccccc4n3c2=O)cc(C)c1O. The van der Waals surface area contributed by atoms with Gasteiger partial charge in [-0.25, -0.2) is 9.38 Å². The summed E-state index contributed by atoms with van der Waals surface area (Å²) >= 11 is 1.38. The molecule has 1 N–H and O–H groups in total. The van der Waals surface area contributed by atoms with E-state index in [1.54, 1.807) is 4.40 Å². The zero-order chi connectivity index (χ0) is 16.1. The van der Waals surface area contributed by atoms with Gasteiger partial charge in [-0.15, -0.1) is 0 Å². The maximum Gasteiger partial charge on any atom is 0.274 e. The summed E-state index contributed by atoms with van der Waals surface area (Å²) in [4.78, 5) is 17.9. The molecule has 5 heteroatoms. The molecule has 0 aliphatic rings. The van der Waals surface area contributed by atoms with Gasteiger partial charge in [0.1, 0.15) is 5.75 Å². The molecule has 0 radical (unpaired) electrons. The number of para-hydroxylation sites is 2. The molecule has 0 atom stereocenters. The Morgan fingerprint density at radius 2 is 1.87 bits per heavy atom. The van der Waals surface area contributed by atoms with Crippen molar-refractivity contribution in [3.8, 4) is 5.75 Å². The highest BCUT2D eigenvalue weighted by Crippen LogP contribution is 2.23. The van der Waals surface area contributed by atoms with Gasteiger partial charge in [0.25, 0.3) is 5.56 Å². The molecule has 23 heavy (non-hydrogen) atoms. The van der Waals surface area contributed by atoms with E-state index in [1.165, 1.54) is 11.3 Å². The first-order valence-corrected chi connectivity index (χ1v) is 8.08. The second kappa shape index (κ2) is 4.93. The lowest BCUT2D eigenvalue weighted by atomic mass is 10.1. The van der Waals surface area contributed by atoms with Gasteiger partial charge < -0.3 is 5.11 Å². The maximum absolute atomic E-state index is 12.7. The molecule has 0 fully saturated rings. The van der Waals surface area contributed by atoms with Crippen molar-refractivity contribution in [3.05, 3.63) is 68.0 Å². The molecular weight excluding hydrogens is 308 g/mol. The smallest absolute Gasteiger partial charge is 0.274 e. The quantitative estimate of drug-likeness (QED) is 0.586. The number of aromatic nitrogens is 2. The molecule has 0 spiro atoms. The van der Waals surface area contributed by atoms with Crippen LogP contribution in [0.2, 0.25) is 0 Å². The van der Waals surface area contributed by atoms with Crippen LogP contribution in [0.1, 0.15) is 16.7 Å². The van der Waals surface area contributed by atoms with Gasteiger partial charge in [-0.3, -0.25) is 4.79 Å². The van der Waals surface area contributed by atoms with Crippen LogP contribution in [0.5, 0.6) is 5.75 Å². The minimum absolute atomic E-state index is 0.0536. The number of hydrogen-bond donors (Lipinski definition) is 1. The van der Waals surface area contributed by atoms with Gasteiger partial charge in [0, 0.05) is 0 Å². The second-order valence-electron chi connectivity index (χ2n) is 5.64. The average molecular weight is 322 g/mol. The van der Waals surface area contributed by atoms with Crippen LogP contribution in [-0.4, -0.2) is 14.5 Å². The van der Waals surface area contributed by atoms with Crippen LogP contribution in [0.25, 0.3) is 22.1 Å². The summed E-state index contributed by atoms with van der Waals surface area (Å²) in [5.74, 6) is 0.302. The number of thiazole rings is 1.